The number of amides is 1. The van der Waals surface area contributed by atoms with E-state index in [2.05, 4.69) is 13.8 Å². The maximum absolute atomic E-state index is 12.0. The van der Waals surface area contributed by atoms with Crippen molar-refractivity contribution in [1.82, 2.24) is 4.90 Å². The van der Waals surface area contributed by atoms with Crippen molar-refractivity contribution in [1.29, 1.82) is 0 Å². The molecule has 18 heavy (non-hydrogen) atoms. The minimum Gasteiger partial charge on any atom is -0.480 e. The molecule has 1 fully saturated rings. The summed E-state index contributed by atoms with van der Waals surface area (Å²) in [5.74, 6) is -0.924. The summed E-state index contributed by atoms with van der Waals surface area (Å²) < 4.78 is 0. The molecule has 1 aliphatic rings. The molecule has 0 spiro atoms. The molecule has 0 unspecified atom stereocenters. The summed E-state index contributed by atoms with van der Waals surface area (Å²) in [5, 5.41) is 9.03. The summed E-state index contributed by atoms with van der Waals surface area (Å²) in [6, 6.07) is -0.616. The van der Waals surface area contributed by atoms with Gasteiger partial charge in [0.1, 0.15) is 6.04 Å². The van der Waals surface area contributed by atoms with Gasteiger partial charge in [-0.15, -0.1) is 0 Å². The fourth-order valence-corrected chi connectivity index (χ4v) is 2.43. The Morgan fingerprint density at radius 3 is 2.61 bits per heavy atom. The van der Waals surface area contributed by atoms with Crippen LogP contribution in [-0.4, -0.2) is 41.0 Å². The van der Waals surface area contributed by atoms with Gasteiger partial charge >= 0.3 is 5.97 Å². The van der Waals surface area contributed by atoms with Gasteiger partial charge < -0.3 is 15.7 Å². The monoisotopic (exact) mass is 256 g/mol. The second-order valence-corrected chi connectivity index (χ2v) is 5.79. The highest BCUT2D eigenvalue weighted by atomic mass is 16.4. The number of nitrogens with two attached hydrogens (primary N) is 1. The Hall–Kier alpha value is -1.10. The Labute approximate surface area is 108 Å². The third-order valence-electron chi connectivity index (χ3n) is 3.69. The lowest BCUT2D eigenvalue weighted by Gasteiger charge is -2.26. The molecule has 0 aromatic heterocycles. The van der Waals surface area contributed by atoms with Gasteiger partial charge in [-0.1, -0.05) is 13.8 Å². The number of aliphatic carboxylic acids is 1. The molecule has 0 saturated carbocycles. The highest BCUT2D eigenvalue weighted by Gasteiger charge is 2.34. The minimum absolute atomic E-state index is 0.0370. The number of carbonyl (C=O) groups excluding carboxylic acids is 1. The van der Waals surface area contributed by atoms with Gasteiger partial charge in [-0.2, -0.15) is 0 Å². The number of hydrogen-bond acceptors (Lipinski definition) is 3. The Kier molecular flexibility index (Phi) is 5.14. The predicted octanol–water partition coefficient (Wildman–Crippen LogP) is 1.22. The molecule has 0 aromatic carbocycles. The summed E-state index contributed by atoms with van der Waals surface area (Å²) >= 11 is 0. The van der Waals surface area contributed by atoms with Gasteiger partial charge in [0.25, 0.3) is 0 Å². The highest BCUT2D eigenvalue weighted by molar-refractivity contribution is 5.84. The average molecular weight is 256 g/mol. The first kappa shape index (κ1) is 15.0. The van der Waals surface area contributed by atoms with Crippen LogP contribution in [0.3, 0.4) is 0 Å². The third-order valence-corrected chi connectivity index (χ3v) is 3.69. The molecule has 0 radical (unpaired) electrons. The topological polar surface area (TPSA) is 83.6 Å². The van der Waals surface area contributed by atoms with E-state index in [4.69, 9.17) is 10.8 Å². The van der Waals surface area contributed by atoms with E-state index in [0.717, 1.165) is 19.3 Å². The largest absolute Gasteiger partial charge is 0.480 e. The van der Waals surface area contributed by atoms with Gasteiger partial charge in [-0.05, 0) is 37.6 Å². The zero-order valence-corrected chi connectivity index (χ0v) is 11.3. The van der Waals surface area contributed by atoms with Crippen LogP contribution in [0.5, 0.6) is 0 Å². The molecule has 0 aliphatic carbocycles. The summed E-state index contributed by atoms with van der Waals surface area (Å²) in [6.07, 6.45) is 3.41. The number of hydrogen-bond donors (Lipinski definition) is 2. The molecule has 0 bridgehead atoms. The fourth-order valence-electron chi connectivity index (χ4n) is 2.43. The molecule has 1 heterocycles. The molecule has 104 valence electrons. The smallest absolute Gasteiger partial charge is 0.326 e. The lowest BCUT2D eigenvalue weighted by atomic mass is 9.84. The fraction of sp³-hybridized carbons (Fsp3) is 0.846. The van der Waals surface area contributed by atoms with E-state index in [-0.39, 0.29) is 11.3 Å². The number of rotatable bonds is 6. The highest BCUT2D eigenvalue weighted by Crippen LogP contribution is 2.27. The normalized spacial score (nSPS) is 20.2. The first-order chi connectivity index (χ1) is 8.37. The van der Waals surface area contributed by atoms with Crippen LogP contribution in [0.15, 0.2) is 0 Å². The zero-order chi connectivity index (χ0) is 13.8. The van der Waals surface area contributed by atoms with E-state index in [1.165, 1.54) is 4.90 Å². The molecule has 1 saturated heterocycles. The Morgan fingerprint density at radius 1 is 1.39 bits per heavy atom. The van der Waals surface area contributed by atoms with Crippen LogP contribution in [-0.2, 0) is 9.59 Å². The van der Waals surface area contributed by atoms with E-state index in [1.807, 2.05) is 0 Å². The van der Waals surface area contributed by atoms with Crippen molar-refractivity contribution in [3.8, 4) is 0 Å². The Balaban J connectivity index is 2.48. The quantitative estimate of drug-likeness (QED) is 0.748. The van der Waals surface area contributed by atoms with Crippen LogP contribution in [0.1, 0.15) is 46.0 Å². The first-order valence-corrected chi connectivity index (χ1v) is 6.60. The lowest BCUT2D eigenvalue weighted by Crippen LogP contribution is -2.40. The van der Waals surface area contributed by atoms with Gasteiger partial charge in [0.05, 0.1) is 0 Å². The lowest BCUT2D eigenvalue weighted by molar-refractivity contribution is -0.148. The number of carboxylic acid groups (broad SMARTS) is 1. The summed E-state index contributed by atoms with van der Waals surface area (Å²) in [5.41, 5.74) is 5.58. The zero-order valence-electron chi connectivity index (χ0n) is 11.3. The molecule has 1 atom stereocenters. The number of nitrogens with zero attached hydrogens (tertiary/aromatic N) is 1. The van der Waals surface area contributed by atoms with Gasteiger partial charge in [-0.3, -0.25) is 4.79 Å². The van der Waals surface area contributed by atoms with Gasteiger partial charge in [-0.25, -0.2) is 4.79 Å². The second kappa shape index (κ2) is 6.18. The molecule has 3 N–H and O–H groups in total. The standard InChI is InChI=1S/C13H24N2O3/c1-13(2,7-8-14)6-5-11(16)15-9-3-4-10(15)12(17)18/h10H,3-9,14H2,1-2H3,(H,17,18)/t10-/m1/s1. The van der Waals surface area contributed by atoms with Crippen molar-refractivity contribution in [2.24, 2.45) is 11.1 Å². The van der Waals surface area contributed by atoms with Crippen molar-refractivity contribution >= 4 is 11.9 Å². The molecule has 1 rings (SSSR count). The number of carbonyl (C=O) groups is 2. The van der Waals surface area contributed by atoms with E-state index in [1.54, 1.807) is 0 Å². The van der Waals surface area contributed by atoms with Crippen molar-refractivity contribution in [3.63, 3.8) is 0 Å². The van der Waals surface area contributed by atoms with Crippen LogP contribution in [0.4, 0.5) is 0 Å². The molecule has 1 amide bonds. The summed E-state index contributed by atoms with van der Waals surface area (Å²) in [6.45, 7) is 5.37. The van der Waals surface area contributed by atoms with E-state index in [0.29, 0.717) is 25.9 Å². The van der Waals surface area contributed by atoms with Crippen molar-refractivity contribution in [3.05, 3.63) is 0 Å². The van der Waals surface area contributed by atoms with E-state index in [9.17, 15) is 9.59 Å². The summed E-state index contributed by atoms with van der Waals surface area (Å²) in [7, 11) is 0. The van der Waals surface area contributed by atoms with E-state index >= 15 is 0 Å². The van der Waals surface area contributed by atoms with Crippen molar-refractivity contribution in [2.75, 3.05) is 13.1 Å². The van der Waals surface area contributed by atoms with Gasteiger partial charge in [0, 0.05) is 13.0 Å². The number of likely N-dealkylation sites (tertiary alicyclic amines) is 1. The van der Waals surface area contributed by atoms with Crippen LogP contribution < -0.4 is 5.73 Å². The molecule has 5 nitrogen and oxygen atoms in total. The Bertz CT molecular complexity index is 315. The van der Waals surface area contributed by atoms with Gasteiger partial charge in [0.2, 0.25) is 5.91 Å². The van der Waals surface area contributed by atoms with Crippen LogP contribution in [0, 0.1) is 5.41 Å². The SMILES string of the molecule is CC(C)(CCN)CCC(=O)N1CCC[C@@H]1C(=O)O. The predicted molar refractivity (Wildman–Crippen MR) is 69.1 cm³/mol. The third kappa shape index (κ3) is 3.98. The maximum Gasteiger partial charge on any atom is 0.326 e. The van der Waals surface area contributed by atoms with Gasteiger partial charge in [0.15, 0.2) is 0 Å². The average Bonchev–Trinajstić information content (AvgIpc) is 2.74. The molecule has 1 aliphatic heterocycles. The molecule has 5 heteroatoms. The Morgan fingerprint density at radius 2 is 2.06 bits per heavy atom. The number of carboxylic acids is 1. The van der Waals surface area contributed by atoms with Crippen LogP contribution in [0.25, 0.3) is 0 Å². The summed E-state index contributed by atoms with van der Waals surface area (Å²) in [4.78, 5) is 24.6. The van der Waals surface area contributed by atoms with E-state index < -0.39 is 12.0 Å². The van der Waals surface area contributed by atoms with Crippen LogP contribution in [0.2, 0.25) is 0 Å². The minimum atomic E-state index is -0.887. The van der Waals surface area contributed by atoms with Crippen LogP contribution >= 0.6 is 0 Å². The molecular weight excluding hydrogens is 232 g/mol. The second-order valence-electron chi connectivity index (χ2n) is 5.79. The molecular formula is C13H24N2O3. The van der Waals surface area contributed by atoms with Crippen molar-refractivity contribution < 1.29 is 14.7 Å². The molecule has 0 aromatic rings. The maximum atomic E-state index is 12.0. The van der Waals surface area contributed by atoms with Crippen molar-refractivity contribution in [2.45, 2.75) is 52.0 Å². The first-order valence-electron chi connectivity index (χ1n) is 6.60.